The van der Waals surface area contributed by atoms with E-state index in [2.05, 4.69) is 15.6 Å². The molecule has 0 saturated carbocycles. The Morgan fingerprint density at radius 3 is 2.33 bits per heavy atom. The number of amides is 2. The van der Waals surface area contributed by atoms with Crippen LogP contribution in [-0.4, -0.2) is 50.9 Å². The molecule has 0 spiro atoms. The predicted molar refractivity (Wildman–Crippen MR) is 94.3 cm³/mol. The monoisotopic (exact) mass is 349 g/mol. The van der Waals surface area contributed by atoms with Crippen LogP contribution in [0, 0.1) is 5.92 Å². The van der Waals surface area contributed by atoms with Crippen LogP contribution in [0.25, 0.3) is 0 Å². The minimum atomic E-state index is -0.953. The fraction of sp³-hybridized carbons (Fsp3) is 0.375. The molecule has 128 valence electrons. The number of carbonyl (C=O) groups excluding carboxylic acids is 2. The Morgan fingerprint density at radius 2 is 1.83 bits per heavy atom. The highest BCUT2D eigenvalue weighted by atomic mass is 32.1. The SMILES string of the molecule is COc1ccc([C@@H](CN=CC2C(=O)NC(=S)NC2=O)[NH+](C)C)cc1. The molecule has 2 amide bonds. The number of nitrogens with zero attached hydrogens (tertiary/aromatic N) is 1. The van der Waals surface area contributed by atoms with E-state index in [0.717, 1.165) is 11.3 Å². The van der Waals surface area contributed by atoms with Gasteiger partial charge in [0.25, 0.3) is 0 Å². The largest absolute Gasteiger partial charge is 0.497 e. The van der Waals surface area contributed by atoms with Gasteiger partial charge < -0.3 is 20.3 Å². The molecule has 1 fully saturated rings. The Bertz CT molecular complexity index is 638. The number of thiocarbonyl (C=S) groups is 1. The van der Waals surface area contributed by atoms with Gasteiger partial charge in [0, 0.05) is 11.8 Å². The fourth-order valence-corrected chi connectivity index (χ4v) is 2.60. The van der Waals surface area contributed by atoms with Crippen molar-refractivity contribution in [1.29, 1.82) is 0 Å². The van der Waals surface area contributed by atoms with Crippen LogP contribution in [0.15, 0.2) is 29.3 Å². The van der Waals surface area contributed by atoms with Gasteiger partial charge in [0.05, 0.1) is 27.7 Å². The Labute approximate surface area is 146 Å². The molecule has 1 atom stereocenters. The van der Waals surface area contributed by atoms with Crippen molar-refractivity contribution >= 4 is 35.4 Å². The minimum Gasteiger partial charge on any atom is -0.497 e. The number of methoxy groups -OCH3 is 1. The zero-order valence-electron chi connectivity index (χ0n) is 13.8. The average molecular weight is 349 g/mol. The number of carbonyl (C=O) groups is 2. The number of hydrogen-bond donors (Lipinski definition) is 3. The molecule has 3 N–H and O–H groups in total. The molecule has 1 saturated heterocycles. The topological polar surface area (TPSA) is 84.2 Å². The van der Waals surface area contributed by atoms with Gasteiger partial charge in [-0.15, -0.1) is 0 Å². The maximum Gasteiger partial charge on any atom is 0.244 e. The van der Waals surface area contributed by atoms with Gasteiger partial charge in [-0.3, -0.25) is 14.6 Å². The summed E-state index contributed by atoms with van der Waals surface area (Å²) in [6.07, 6.45) is 1.38. The van der Waals surface area contributed by atoms with Crippen molar-refractivity contribution in [3.63, 3.8) is 0 Å². The van der Waals surface area contributed by atoms with Gasteiger partial charge in [-0.2, -0.15) is 0 Å². The van der Waals surface area contributed by atoms with E-state index >= 15 is 0 Å². The van der Waals surface area contributed by atoms with Crippen molar-refractivity contribution in [2.24, 2.45) is 10.9 Å². The Hall–Kier alpha value is -2.32. The molecule has 8 heteroatoms. The molecule has 1 heterocycles. The maximum absolute atomic E-state index is 11.8. The Morgan fingerprint density at radius 1 is 1.25 bits per heavy atom. The first-order chi connectivity index (χ1) is 11.4. The van der Waals surface area contributed by atoms with Crippen LogP contribution in [0.4, 0.5) is 0 Å². The van der Waals surface area contributed by atoms with Crippen molar-refractivity contribution < 1.29 is 19.2 Å². The van der Waals surface area contributed by atoms with Crippen molar-refractivity contribution in [1.82, 2.24) is 10.6 Å². The molecule has 2 rings (SSSR count). The second-order valence-electron chi connectivity index (χ2n) is 5.70. The first-order valence-corrected chi connectivity index (χ1v) is 7.93. The van der Waals surface area contributed by atoms with E-state index in [4.69, 9.17) is 17.0 Å². The third kappa shape index (κ3) is 4.36. The van der Waals surface area contributed by atoms with Gasteiger partial charge >= 0.3 is 0 Å². The number of quaternary nitrogens is 1. The van der Waals surface area contributed by atoms with Crippen molar-refractivity contribution in [3.8, 4) is 5.75 Å². The molecule has 0 aromatic heterocycles. The maximum atomic E-state index is 11.8. The number of nitrogens with one attached hydrogen (secondary N) is 3. The van der Waals surface area contributed by atoms with Crippen LogP contribution in [0.3, 0.4) is 0 Å². The lowest BCUT2D eigenvalue weighted by Gasteiger charge is -2.21. The van der Waals surface area contributed by atoms with Gasteiger partial charge in [-0.25, -0.2) is 0 Å². The van der Waals surface area contributed by atoms with Gasteiger partial charge in [0.15, 0.2) is 11.0 Å². The molecule has 0 aliphatic carbocycles. The number of likely N-dealkylation sites (N-methyl/N-ethyl adjacent to an activating group) is 1. The first kappa shape index (κ1) is 18.0. The smallest absolute Gasteiger partial charge is 0.244 e. The zero-order chi connectivity index (χ0) is 17.7. The number of aliphatic imine (C=N–C) groups is 1. The molecular weight excluding hydrogens is 328 g/mol. The van der Waals surface area contributed by atoms with Crippen LogP contribution < -0.4 is 20.3 Å². The Balaban J connectivity index is 2.06. The summed E-state index contributed by atoms with van der Waals surface area (Å²) in [5, 5.41) is 4.86. The molecule has 0 radical (unpaired) electrons. The van der Waals surface area contributed by atoms with Crippen molar-refractivity contribution in [3.05, 3.63) is 29.8 Å². The summed E-state index contributed by atoms with van der Waals surface area (Å²) in [6, 6.07) is 7.88. The summed E-state index contributed by atoms with van der Waals surface area (Å²) in [7, 11) is 5.69. The lowest BCUT2D eigenvalue weighted by Crippen LogP contribution is -3.06. The Kier molecular flexibility index (Phi) is 5.99. The molecule has 1 aromatic carbocycles. The number of hydrogen-bond acceptors (Lipinski definition) is 5. The van der Waals surface area contributed by atoms with E-state index in [1.165, 1.54) is 11.1 Å². The first-order valence-electron chi connectivity index (χ1n) is 7.52. The third-order valence-corrected chi connectivity index (χ3v) is 4.00. The average Bonchev–Trinajstić information content (AvgIpc) is 2.53. The molecule has 1 aromatic rings. The molecule has 0 unspecified atom stereocenters. The van der Waals surface area contributed by atoms with E-state index in [0.29, 0.717) is 6.54 Å². The van der Waals surface area contributed by atoms with Gasteiger partial charge in [-0.1, -0.05) is 0 Å². The molecular formula is C16H21N4O3S+. The summed E-state index contributed by atoms with van der Waals surface area (Å²) in [5.41, 5.74) is 1.10. The second kappa shape index (κ2) is 7.98. The summed E-state index contributed by atoms with van der Waals surface area (Å²) < 4.78 is 5.17. The molecule has 24 heavy (non-hydrogen) atoms. The quantitative estimate of drug-likeness (QED) is 0.353. The van der Waals surface area contributed by atoms with E-state index in [9.17, 15) is 9.59 Å². The van der Waals surface area contributed by atoms with E-state index in [1.54, 1.807) is 7.11 Å². The van der Waals surface area contributed by atoms with Gasteiger partial charge in [-0.05, 0) is 36.5 Å². The van der Waals surface area contributed by atoms with Crippen molar-refractivity contribution in [2.75, 3.05) is 27.7 Å². The summed E-state index contributed by atoms with van der Waals surface area (Å²) in [4.78, 5) is 29.1. The van der Waals surface area contributed by atoms with E-state index < -0.39 is 17.7 Å². The number of benzene rings is 1. The van der Waals surface area contributed by atoms with E-state index in [-0.39, 0.29) is 11.2 Å². The highest BCUT2D eigenvalue weighted by Crippen LogP contribution is 2.16. The predicted octanol–water partition coefficient (Wildman–Crippen LogP) is -0.901. The zero-order valence-corrected chi connectivity index (χ0v) is 14.6. The van der Waals surface area contributed by atoms with Gasteiger partial charge in [0.2, 0.25) is 11.8 Å². The second-order valence-corrected chi connectivity index (χ2v) is 6.11. The highest BCUT2D eigenvalue weighted by molar-refractivity contribution is 7.80. The van der Waals surface area contributed by atoms with Crippen LogP contribution in [0.5, 0.6) is 5.75 Å². The highest BCUT2D eigenvalue weighted by Gasteiger charge is 2.31. The van der Waals surface area contributed by atoms with E-state index in [1.807, 2.05) is 38.4 Å². The number of rotatable bonds is 6. The molecule has 1 aliphatic heterocycles. The molecule has 7 nitrogen and oxygen atoms in total. The third-order valence-electron chi connectivity index (χ3n) is 3.80. The number of ether oxygens (including phenoxy) is 1. The molecule has 0 bridgehead atoms. The molecule has 1 aliphatic rings. The van der Waals surface area contributed by atoms with Crippen LogP contribution in [-0.2, 0) is 9.59 Å². The summed E-state index contributed by atoms with van der Waals surface area (Å²) in [5.74, 6) is -1.07. The normalized spacial score (nSPS) is 17.1. The summed E-state index contributed by atoms with van der Waals surface area (Å²) in [6.45, 7) is 0.455. The minimum absolute atomic E-state index is 0.0310. The fourth-order valence-electron chi connectivity index (χ4n) is 2.39. The van der Waals surface area contributed by atoms with Crippen molar-refractivity contribution in [2.45, 2.75) is 6.04 Å². The van der Waals surface area contributed by atoms with Gasteiger partial charge in [0.1, 0.15) is 11.8 Å². The lowest BCUT2D eigenvalue weighted by atomic mass is 10.1. The van der Waals surface area contributed by atoms with Crippen LogP contribution in [0.2, 0.25) is 0 Å². The standard InChI is InChI=1S/C16H20N4O3S/c1-20(2)13(10-4-6-11(23-3)7-5-10)9-17-8-12-14(21)18-16(24)19-15(12)22/h4-8,12-13H,9H2,1-3H3,(H2,18,19,21,22,24)/p+1/t13-/m1/s1. The van der Waals surface area contributed by atoms with Crippen LogP contribution in [0.1, 0.15) is 11.6 Å². The lowest BCUT2D eigenvalue weighted by molar-refractivity contribution is -0.890. The summed E-state index contributed by atoms with van der Waals surface area (Å²) >= 11 is 4.76. The van der Waals surface area contributed by atoms with Crippen LogP contribution >= 0.6 is 12.2 Å².